The van der Waals surface area contributed by atoms with E-state index in [0.29, 0.717) is 0 Å². The first-order valence-electron chi connectivity index (χ1n) is 0. The van der Waals surface area contributed by atoms with Gasteiger partial charge in [-0.15, -0.1) is 0 Å². The minimum atomic E-state index is 0. The molecule has 0 saturated carbocycles. The van der Waals surface area contributed by atoms with Gasteiger partial charge < -0.3 is 0 Å². The molecule has 0 aliphatic rings. The summed E-state index contributed by atoms with van der Waals surface area (Å²) < 4.78 is 0. The molecule has 0 fully saturated rings. The van der Waals surface area contributed by atoms with Gasteiger partial charge in [-0.1, -0.05) is 0 Å². The summed E-state index contributed by atoms with van der Waals surface area (Å²) in [7, 11) is 0. The van der Waals surface area contributed by atoms with Crippen molar-refractivity contribution in [3.63, 3.8) is 0 Å². The van der Waals surface area contributed by atoms with Crippen molar-refractivity contribution in [2.45, 2.75) is 0 Å². The molecule has 0 bridgehead atoms. The molecule has 0 spiro atoms. The Hall–Kier alpha value is 1.69. The van der Waals surface area contributed by atoms with Gasteiger partial charge in [0.25, 0.3) is 0 Å². The zero-order valence-electron chi connectivity index (χ0n) is 1.41. The third-order valence-corrected chi connectivity index (χ3v) is 0. The van der Waals surface area contributed by atoms with E-state index < -0.39 is 0 Å². The summed E-state index contributed by atoms with van der Waals surface area (Å²) in [6.45, 7) is 0. The molecule has 0 saturated heterocycles. The van der Waals surface area contributed by atoms with Gasteiger partial charge in [0, 0.05) is 0 Å². The molecule has 2 unspecified atom stereocenters. The van der Waals surface area contributed by atoms with E-state index in [-0.39, 0.29) is 56.1 Å². The van der Waals surface area contributed by atoms with Crippen molar-refractivity contribution in [2.24, 2.45) is 0 Å². The minimum absolute atomic E-state index is 0. The molecule has 0 aromatic rings. The standard InChI is InChI=1S/AsH3.BH3.Ga.H3P.3H/h2*1H3;;1H3;;;. The van der Waals surface area contributed by atoms with Gasteiger partial charge >= 0.3 is 37.7 Å². The van der Waals surface area contributed by atoms with Gasteiger partial charge in [0.2, 0.25) is 0 Å². The predicted octanol–water partition coefficient (Wildman–Crippen LogP) is -3.49. The second-order valence-electron chi connectivity index (χ2n) is 0. The Morgan fingerprint density at radius 2 is 1.00 bits per heavy atom. The van der Waals surface area contributed by atoms with Crippen LogP contribution in [0.15, 0.2) is 0 Å². The van der Waals surface area contributed by atoms with E-state index in [0.717, 1.165) is 0 Å². The first-order valence-corrected chi connectivity index (χ1v) is 0. The summed E-state index contributed by atoms with van der Waals surface area (Å²) in [6.07, 6.45) is 0. The second kappa shape index (κ2) is 22.4. The van der Waals surface area contributed by atoms with Gasteiger partial charge in [-0.05, 0) is 0 Å². The molecular formula is H12AsBGaP. The average molecular weight is 199 g/mol. The molecule has 0 heterocycles. The first kappa shape index (κ1) is 43.8. The normalized spacial score (nSPS) is 0. The number of hydrogen-bond acceptors (Lipinski definition) is 0. The molecule has 0 amide bonds. The number of hydrogen-bond donors (Lipinski definition) is 0. The van der Waals surface area contributed by atoms with Crippen molar-refractivity contribution in [2.75, 3.05) is 0 Å². The van der Waals surface area contributed by atoms with Crippen LogP contribution in [0.3, 0.4) is 0 Å². The quantitative estimate of drug-likeness (QED) is 0.280. The van der Waals surface area contributed by atoms with Crippen LogP contribution in [-0.4, -0.2) is 46.2 Å². The zero-order chi connectivity index (χ0) is 0. The van der Waals surface area contributed by atoms with E-state index in [9.17, 15) is 0 Å². The van der Waals surface area contributed by atoms with E-state index in [1.165, 1.54) is 0 Å². The van der Waals surface area contributed by atoms with Gasteiger partial charge in [0.15, 0.2) is 0 Å². The Labute approximate surface area is 56.1 Å². The van der Waals surface area contributed by atoms with Crippen molar-refractivity contribution in [1.82, 2.24) is 0 Å². The Balaban J connectivity index is 0. The SMILES string of the molecule is B.P.[AsH3].[GaH3]. The summed E-state index contributed by atoms with van der Waals surface area (Å²) in [6, 6.07) is 0. The van der Waals surface area contributed by atoms with Gasteiger partial charge in [-0.25, -0.2) is 0 Å². The Morgan fingerprint density at radius 3 is 1.00 bits per heavy atom. The van der Waals surface area contributed by atoms with Crippen LogP contribution in [0, 0.1) is 0 Å². The molecule has 4 heavy (non-hydrogen) atoms. The second-order valence-corrected chi connectivity index (χ2v) is 0. The fourth-order valence-electron chi connectivity index (χ4n) is 0. The first-order chi connectivity index (χ1) is 0. The molecule has 0 radical (unpaired) electrons. The Bertz CT molecular complexity index is 8.00. The molecule has 0 aromatic carbocycles. The molecule has 4 heteroatoms. The third-order valence-electron chi connectivity index (χ3n) is 0. The van der Waals surface area contributed by atoms with Crippen LogP contribution < -0.4 is 0 Å². The number of rotatable bonds is 0. The van der Waals surface area contributed by atoms with Crippen molar-refractivity contribution in [3.8, 4) is 0 Å². The summed E-state index contributed by atoms with van der Waals surface area (Å²) in [5, 5.41) is 0. The predicted molar refractivity (Wildman–Crippen MR) is 40.9 cm³/mol. The summed E-state index contributed by atoms with van der Waals surface area (Å²) in [5.74, 6) is 0. The van der Waals surface area contributed by atoms with E-state index >= 15 is 0 Å². The van der Waals surface area contributed by atoms with E-state index in [4.69, 9.17) is 0 Å². The van der Waals surface area contributed by atoms with Crippen LogP contribution >= 0.6 is 9.90 Å². The average Bonchev–Trinajstić information content (AvgIpc) is 0. The van der Waals surface area contributed by atoms with Gasteiger partial charge in [-0.3, -0.25) is 0 Å². The molecular weight excluding hydrogens is 186 g/mol. The summed E-state index contributed by atoms with van der Waals surface area (Å²) in [5.41, 5.74) is 0. The molecule has 0 rings (SSSR count). The fraction of sp³-hybridized carbons (Fsp3) is 0. The van der Waals surface area contributed by atoms with E-state index in [1.807, 2.05) is 0 Å². The zero-order valence-corrected chi connectivity index (χ0v) is 5.80. The fourth-order valence-corrected chi connectivity index (χ4v) is 0. The molecule has 28 valence electrons. The van der Waals surface area contributed by atoms with Crippen molar-refractivity contribution in [3.05, 3.63) is 0 Å². The topological polar surface area (TPSA) is 0 Å². The molecule has 0 nitrogen and oxygen atoms in total. The van der Waals surface area contributed by atoms with Crippen LogP contribution in [-0.2, 0) is 0 Å². The van der Waals surface area contributed by atoms with Crippen LogP contribution in [0.25, 0.3) is 0 Å². The van der Waals surface area contributed by atoms with E-state index in [2.05, 4.69) is 0 Å². The maximum atomic E-state index is 0. The Kier molecular flexibility index (Phi) is 245. The molecule has 0 aliphatic carbocycles. The van der Waals surface area contributed by atoms with E-state index in [1.54, 1.807) is 0 Å². The molecule has 0 aliphatic heterocycles. The van der Waals surface area contributed by atoms with Gasteiger partial charge in [0.1, 0.15) is 0 Å². The van der Waals surface area contributed by atoms with Crippen LogP contribution in [0.2, 0.25) is 0 Å². The summed E-state index contributed by atoms with van der Waals surface area (Å²) >= 11 is 0. The van der Waals surface area contributed by atoms with Crippen molar-refractivity contribution < 1.29 is 0 Å². The third kappa shape index (κ3) is 9.35. The van der Waals surface area contributed by atoms with Crippen molar-refractivity contribution in [1.29, 1.82) is 0 Å². The van der Waals surface area contributed by atoms with Gasteiger partial charge in [-0.2, -0.15) is 9.90 Å². The summed E-state index contributed by atoms with van der Waals surface area (Å²) in [4.78, 5) is 0. The molecule has 0 N–H and O–H groups in total. The van der Waals surface area contributed by atoms with Gasteiger partial charge in [0.05, 0.1) is 8.41 Å². The molecule has 2 atom stereocenters. The van der Waals surface area contributed by atoms with Crippen LogP contribution in [0.4, 0.5) is 0 Å². The maximum absolute atomic E-state index is 0. The molecule has 0 aromatic heterocycles. The van der Waals surface area contributed by atoms with Crippen LogP contribution in [0.5, 0.6) is 0 Å². The monoisotopic (exact) mass is 198 g/mol. The van der Waals surface area contributed by atoms with Crippen molar-refractivity contribution >= 4 is 56.1 Å². The van der Waals surface area contributed by atoms with Crippen LogP contribution in [0.1, 0.15) is 0 Å². The Morgan fingerprint density at radius 1 is 1.00 bits per heavy atom.